The lowest BCUT2D eigenvalue weighted by molar-refractivity contribution is -0.125. The van der Waals surface area contributed by atoms with Crippen LogP contribution >= 0.6 is 11.3 Å². The zero-order chi connectivity index (χ0) is 14.0. The topological polar surface area (TPSA) is 88.2 Å². The predicted octanol–water partition coefficient (Wildman–Crippen LogP) is 0.728. The maximum absolute atomic E-state index is 12.0. The van der Waals surface area contributed by atoms with Gasteiger partial charge in [0.15, 0.2) is 0 Å². The van der Waals surface area contributed by atoms with Crippen LogP contribution in [0.1, 0.15) is 35.3 Å². The highest BCUT2D eigenvalue weighted by Crippen LogP contribution is 2.25. The van der Waals surface area contributed by atoms with E-state index in [1.165, 1.54) is 0 Å². The molecule has 1 saturated carbocycles. The molecule has 1 heterocycles. The molecule has 0 aliphatic heterocycles. The van der Waals surface area contributed by atoms with Gasteiger partial charge in [-0.15, -0.1) is 11.3 Å². The van der Waals surface area contributed by atoms with Crippen molar-refractivity contribution >= 4 is 17.2 Å². The first-order chi connectivity index (χ1) is 9.01. The minimum absolute atomic E-state index is 0.0138. The Morgan fingerprint density at radius 1 is 1.58 bits per heavy atom. The van der Waals surface area contributed by atoms with E-state index in [1.54, 1.807) is 11.3 Å². The van der Waals surface area contributed by atoms with Crippen molar-refractivity contribution in [3.8, 4) is 0 Å². The Morgan fingerprint density at radius 3 is 2.89 bits per heavy atom. The van der Waals surface area contributed by atoms with Crippen molar-refractivity contribution in [3.63, 3.8) is 0 Å². The van der Waals surface area contributed by atoms with Crippen molar-refractivity contribution in [1.29, 1.82) is 0 Å². The van der Waals surface area contributed by atoms with E-state index in [0.29, 0.717) is 19.4 Å². The monoisotopic (exact) mass is 283 g/mol. The number of hydrogen-bond acceptors (Lipinski definition) is 5. The molecule has 0 aromatic carbocycles. The average molecular weight is 283 g/mol. The minimum atomic E-state index is -0.549. The van der Waals surface area contributed by atoms with Crippen LogP contribution in [0.4, 0.5) is 0 Å². The molecule has 1 amide bonds. The van der Waals surface area contributed by atoms with E-state index in [0.717, 1.165) is 22.0 Å². The molecule has 1 aliphatic rings. The molecular weight excluding hydrogens is 262 g/mol. The van der Waals surface area contributed by atoms with Gasteiger partial charge in [-0.2, -0.15) is 0 Å². The molecular formula is C13H21N3O2S. The summed E-state index contributed by atoms with van der Waals surface area (Å²) in [7, 11) is 0. The molecule has 0 unspecified atom stereocenters. The Bertz CT molecular complexity index is 451. The standard InChI is InChI=1S/C13H21N3O2S/c1-3-10-12(19-7(2)16-10)6-15-13(18)8-4-9(14)11(17)5-8/h8-9,11,17H,3-6,14H2,1-2H3,(H,15,18)/t8-,9-,11-/m0/s1. The van der Waals surface area contributed by atoms with Gasteiger partial charge < -0.3 is 16.2 Å². The smallest absolute Gasteiger partial charge is 0.223 e. The number of thiazole rings is 1. The molecule has 0 spiro atoms. The lowest BCUT2D eigenvalue weighted by Crippen LogP contribution is -2.30. The maximum atomic E-state index is 12.0. The van der Waals surface area contributed by atoms with Crippen LogP contribution in [0.15, 0.2) is 0 Å². The Kier molecular flexibility index (Phi) is 4.54. The summed E-state index contributed by atoms with van der Waals surface area (Å²) in [5.41, 5.74) is 6.79. The molecule has 3 atom stereocenters. The summed E-state index contributed by atoms with van der Waals surface area (Å²) in [6.07, 6.45) is 1.36. The number of carbonyl (C=O) groups excluding carboxylic acids is 1. The Morgan fingerprint density at radius 2 is 2.32 bits per heavy atom. The van der Waals surface area contributed by atoms with Crippen molar-refractivity contribution in [2.24, 2.45) is 11.7 Å². The first-order valence-corrected chi connectivity index (χ1v) is 7.49. The second kappa shape index (κ2) is 5.98. The fraction of sp³-hybridized carbons (Fsp3) is 0.692. The number of rotatable bonds is 4. The number of aliphatic hydroxyl groups is 1. The summed E-state index contributed by atoms with van der Waals surface area (Å²) in [6.45, 7) is 4.56. The van der Waals surface area contributed by atoms with Gasteiger partial charge in [0.25, 0.3) is 0 Å². The van der Waals surface area contributed by atoms with Crippen LogP contribution in [0, 0.1) is 12.8 Å². The molecule has 4 N–H and O–H groups in total. The highest BCUT2D eigenvalue weighted by atomic mass is 32.1. The van der Waals surface area contributed by atoms with Gasteiger partial charge in [0, 0.05) is 16.8 Å². The third-order valence-corrected chi connectivity index (χ3v) is 4.60. The van der Waals surface area contributed by atoms with Crippen LogP contribution in [-0.2, 0) is 17.8 Å². The maximum Gasteiger partial charge on any atom is 0.223 e. The molecule has 19 heavy (non-hydrogen) atoms. The van der Waals surface area contributed by atoms with Crippen molar-refractivity contribution in [1.82, 2.24) is 10.3 Å². The first kappa shape index (κ1) is 14.4. The van der Waals surface area contributed by atoms with Crippen molar-refractivity contribution in [2.75, 3.05) is 0 Å². The lowest BCUT2D eigenvalue weighted by atomic mass is 10.1. The summed E-state index contributed by atoms with van der Waals surface area (Å²) in [4.78, 5) is 17.6. The number of amides is 1. The van der Waals surface area contributed by atoms with Gasteiger partial charge >= 0.3 is 0 Å². The van der Waals surface area contributed by atoms with E-state index < -0.39 is 6.10 Å². The molecule has 6 heteroatoms. The van der Waals surface area contributed by atoms with Gasteiger partial charge in [0.2, 0.25) is 5.91 Å². The van der Waals surface area contributed by atoms with Gasteiger partial charge in [-0.25, -0.2) is 4.98 Å². The summed E-state index contributed by atoms with van der Waals surface area (Å²) >= 11 is 1.62. The Hall–Kier alpha value is -0.980. The fourth-order valence-electron chi connectivity index (χ4n) is 2.50. The van der Waals surface area contributed by atoms with Gasteiger partial charge in [-0.1, -0.05) is 6.92 Å². The van der Waals surface area contributed by atoms with Crippen molar-refractivity contribution in [3.05, 3.63) is 15.6 Å². The molecule has 1 aliphatic carbocycles. The van der Waals surface area contributed by atoms with E-state index >= 15 is 0 Å². The molecule has 0 bridgehead atoms. The fourth-order valence-corrected chi connectivity index (χ4v) is 3.47. The number of nitrogens with two attached hydrogens (primary N) is 1. The van der Waals surface area contributed by atoms with Crippen LogP contribution in [0.5, 0.6) is 0 Å². The van der Waals surface area contributed by atoms with Crippen LogP contribution < -0.4 is 11.1 Å². The molecule has 1 fully saturated rings. The number of nitrogens with one attached hydrogen (secondary N) is 1. The van der Waals surface area contributed by atoms with E-state index in [-0.39, 0.29) is 17.9 Å². The van der Waals surface area contributed by atoms with Gasteiger partial charge in [-0.05, 0) is 26.2 Å². The SMILES string of the molecule is CCc1nc(C)sc1CNC(=O)[C@H]1C[C@H](N)[C@@H](O)C1. The largest absolute Gasteiger partial charge is 0.391 e. The summed E-state index contributed by atoms with van der Waals surface area (Å²) in [6, 6.07) is -0.271. The highest BCUT2D eigenvalue weighted by Gasteiger charge is 2.34. The first-order valence-electron chi connectivity index (χ1n) is 6.67. The Labute approximate surface area is 117 Å². The second-order valence-corrected chi connectivity index (χ2v) is 6.36. The number of nitrogens with zero attached hydrogens (tertiary/aromatic N) is 1. The third kappa shape index (κ3) is 3.32. The number of hydrogen-bond donors (Lipinski definition) is 3. The Balaban J connectivity index is 1.90. The number of aryl methyl sites for hydroxylation is 2. The van der Waals surface area contributed by atoms with Crippen LogP contribution in [0.2, 0.25) is 0 Å². The van der Waals surface area contributed by atoms with Crippen LogP contribution in [-0.4, -0.2) is 28.1 Å². The molecule has 1 aromatic rings. The molecule has 0 saturated heterocycles. The van der Waals surface area contributed by atoms with Gasteiger partial charge in [0.05, 0.1) is 23.4 Å². The van der Waals surface area contributed by atoms with Crippen LogP contribution in [0.3, 0.4) is 0 Å². The summed E-state index contributed by atoms with van der Waals surface area (Å²) in [5, 5.41) is 13.5. The van der Waals surface area contributed by atoms with E-state index in [2.05, 4.69) is 17.2 Å². The van der Waals surface area contributed by atoms with Gasteiger partial charge in [0.1, 0.15) is 0 Å². The molecule has 106 valence electrons. The second-order valence-electron chi connectivity index (χ2n) is 5.07. The third-order valence-electron chi connectivity index (χ3n) is 3.59. The number of aromatic nitrogens is 1. The molecule has 5 nitrogen and oxygen atoms in total. The zero-order valence-electron chi connectivity index (χ0n) is 11.3. The van der Waals surface area contributed by atoms with E-state index in [1.807, 2.05) is 6.92 Å². The van der Waals surface area contributed by atoms with Crippen molar-refractivity contribution in [2.45, 2.75) is 51.8 Å². The van der Waals surface area contributed by atoms with Gasteiger partial charge in [-0.3, -0.25) is 4.79 Å². The van der Waals surface area contributed by atoms with E-state index in [4.69, 9.17) is 5.73 Å². The number of carbonyl (C=O) groups is 1. The highest BCUT2D eigenvalue weighted by molar-refractivity contribution is 7.11. The molecule has 1 aromatic heterocycles. The summed E-state index contributed by atoms with van der Waals surface area (Å²) in [5.74, 6) is -0.177. The van der Waals surface area contributed by atoms with E-state index in [9.17, 15) is 9.90 Å². The van der Waals surface area contributed by atoms with Crippen LogP contribution in [0.25, 0.3) is 0 Å². The minimum Gasteiger partial charge on any atom is -0.391 e. The van der Waals surface area contributed by atoms with Crippen molar-refractivity contribution < 1.29 is 9.90 Å². The quantitative estimate of drug-likeness (QED) is 0.760. The average Bonchev–Trinajstić information content (AvgIpc) is 2.90. The molecule has 0 radical (unpaired) electrons. The predicted molar refractivity (Wildman–Crippen MR) is 74.8 cm³/mol. The summed E-state index contributed by atoms with van der Waals surface area (Å²) < 4.78 is 0. The lowest BCUT2D eigenvalue weighted by Gasteiger charge is -2.10. The zero-order valence-corrected chi connectivity index (χ0v) is 12.2. The molecule has 2 rings (SSSR count). The normalized spacial score (nSPS) is 26.6. The number of aliphatic hydroxyl groups excluding tert-OH is 1.